The zero-order chi connectivity index (χ0) is 23.5. The highest BCUT2D eigenvalue weighted by molar-refractivity contribution is 8.16. The van der Waals surface area contributed by atoms with Crippen LogP contribution in [0.1, 0.15) is 31.9 Å². The number of allylic oxidation sites excluding steroid dienone is 1. The van der Waals surface area contributed by atoms with E-state index in [-0.39, 0.29) is 18.2 Å². The van der Waals surface area contributed by atoms with Crippen LogP contribution in [0.3, 0.4) is 0 Å². The van der Waals surface area contributed by atoms with Crippen molar-refractivity contribution in [3.8, 4) is 0 Å². The molecule has 2 aliphatic heterocycles. The lowest BCUT2D eigenvalue weighted by atomic mass is 9.93. The molecule has 0 saturated heterocycles. The van der Waals surface area contributed by atoms with Crippen molar-refractivity contribution in [1.29, 1.82) is 0 Å². The number of anilines is 1. The molecule has 0 fully saturated rings. The predicted molar refractivity (Wildman–Crippen MR) is 135 cm³/mol. The first kappa shape index (κ1) is 23.1. The largest absolute Gasteiger partial charge is 0.346 e. The van der Waals surface area contributed by atoms with Gasteiger partial charge in [-0.05, 0) is 49.1 Å². The fourth-order valence-corrected chi connectivity index (χ4v) is 5.00. The molecule has 1 atom stereocenters. The molecule has 2 amide bonds. The second kappa shape index (κ2) is 9.85. The smallest absolute Gasteiger partial charge is 0.255 e. The number of nitrogens with one attached hydrogen (secondary N) is 1. The van der Waals surface area contributed by atoms with E-state index in [0.717, 1.165) is 16.4 Å². The number of hydrogen-bond acceptors (Lipinski definition) is 5. The highest BCUT2D eigenvalue weighted by Crippen LogP contribution is 2.45. The van der Waals surface area contributed by atoms with Crippen molar-refractivity contribution in [2.45, 2.75) is 26.3 Å². The van der Waals surface area contributed by atoms with Crippen LogP contribution in [0.15, 0.2) is 82.0 Å². The SMILES string of the molecule is CCN(C)C(=O)CC1=CSC2=NC(C)=C(C(=O)Nc3ccccc3)[C@H](c3cccc(Cl)c3)N12. The minimum absolute atomic E-state index is 0.0111. The maximum absolute atomic E-state index is 13.5. The molecule has 4 rings (SSSR count). The van der Waals surface area contributed by atoms with Crippen LogP contribution in [0.5, 0.6) is 0 Å². The van der Waals surface area contributed by atoms with Gasteiger partial charge in [0.2, 0.25) is 5.91 Å². The zero-order valence-electron chi connectivity index (χ0n) is 18.7. The van der Waals surface area contributed by atoms with E-state index in [9.17, 15) is 9.59 Å². The Balaban J connectivity index is 1.75. The van der Waals surface area contributed by atoms with Crippen molar-refractivity contribution in [3.05, 3.63) is 87.6 Å². The van der Waals surface area contributed by atoms with Crippen LogP contribution in [0.4, 0.5) is 5.69 Å². The molecule has 33 heavy (non-hydrogen) atoms. The quantitative estimate of drug-likeness (QED) is 0.599. The molecular weight excluding hydrogens is 456 g/mol. The lowest BCUT2D eigenvalue weighted by Crippen LogP contribution is -2.39. The molecule has 2 heterocycles. The van der Waals surface area contributed by atoms with E-state index in [4.69, 9.17) is 16.6 Å². The van der Waals surface area contributed by atoms with E-state index in [0.29, 0.717) is 28.5 Å². The van der Waals surface area contributed by atoms with Gasteiger partial charge in [0.1, 0.15) is 0 Å². The van der Waals surface area contributed by atoms with Crippen molar-refractivity contribution < 1.29 is 9.59 Å². The standard InChI is InChI=1S/C25H25ClN4O2S/c1-4-29(3)21(31)14-20-15-33-25-27-16(2)22(24(32)28-19-11-6-5-7-12-19)23(30(20)25)17-9-8-10-18(26)13-17/h5-13,15,23H,4,14H2,1-3H3,(H,28,32)/t23-/m0/s1. The molecular formula is C25H25ClN4O2S. The average molecular weight is 481 g/mol. The monoisotopic (exact) mass is 480 g/mol. The van der Waals surface area contributed by atoms with Gasteiger partial charge >= 0.3 is 0 Å². The van der Waals surface area contributed by atoms with E-state index < -0.39 is 6.04 Å². The molecule has 0 radical (unpaired) electrons. The van der Waals surface area contributed by atoms with Crippen molar-refractivity contribution in [2.24, 2.45) is 4.99 Å². The Morgan fingerprint density at radius 1 is 1.18 bits per heavy atom. The number of carbonyl (C=O) groups is 2. The molecule has 0 saturated carbocycles. The molecule has 2 aliphatic rings. The van der Waals surface area contributed by atoms with Crippen LogP contribution in [0.2, 0.25) is 5.02 Å². The predicted octanol–water partition coefficient (Wildman–Crippen LogP) is 5.42. The molecule has 2 aromatic carbocycles. The van der Waals surface area contributed by atoms with E-state index >= 15 is 0 Å². The number of amidine groups is 1. The number of fused-ring (bicyclic) bond motifs is 1. The number of nitrogens with zero attached hydrogens (tertiary/aromatic N) is 3. The van der Waals surface area contributed by atoms with Gasteiger partial charge < -0.3 is 15.1 Å². The number of hydrogen-bond donors (Lipinski definition) is 1. The third kappa shape index (κ3) is 4.84. The lowest BCUT2D eigenvalue weighted by Gasteiger charge is -2.37. The van der Waals surface area contributed by atoms with Crippen molar-refractivity contribution in [3.63, 3.8) is 0 Å². The van der Waals surface area contributed by atoms with Crippen LogP contribution in [0, 0.1) is 0 Å². The van der Waals surface area contributed by atoms with Crippen molar-refractivity contribution >= 4 is 46.0 Å². The minimum atomic E-state index is -0.458. The number of halogens is 1. The number of amides is 2. The highest BCUT2D eigenvalue weighted by Gasteiger charge is 2.40. The van der Waals surface area contributed by atoms with Crippen molar-refractivity contribution in [1.82, 2.24) is 9.80 Å². The molecule has 0 bridgehead atoms. The van der Waals surface area contributed by atoms with E-state index in [1.807, 2.05) is 72.7 Å². The third-order valence-corrected chi connectivity index (χ3v) is 6.80. The van der Waals surface area contributed by atoms with Crippen LogP contribution in [-0.2, 0) is 9.59 Å². The maximum Gasteiger partial charge on any atom is 0.255 e. The summed E-state index contributed by atoms with van der Waals surface area (Å²) in [6.45, 7) is 4.41. The number of carbonyl (C=O) groups excluding carboxylic acids is 2. The van der Waals surface area contributed by atoms with Gasteiger partial charge in [-0.1, -0.05) is 53.7 Å². The van der Waals surface area contributed by atoms with E-state index in [1.165, 1.54) is 11.8 Å². The average Bonchev–Trinajstić information content (AvgIpc) is 3.19. The highest BCUT2D eigenvalue weighted by atomic mass is 35.5. The van der Waals surface area contributed by atoms with E-state index in [1.54, 1.807) is 18.0 Å². The third-order valence-electron chi connectivity index (χ3n) is 5.67. The summed E-state index contributed by atoms with van der Waals surface area (Å²) in [4.78, 5) is 34.6. The van der Waals surface area contributed by atoms with Gasteiger partial charge in [0.15, 0.2) is 5.17 Å². The van der Waals surface area contributed by atoms with Crippen molar-refractivity contribution in [2.75, 3.05) is 18.9 Å². The Hall–Kier alpha value is -3.03. The number of benzene rings is 2. The van der Waals surface area contributed by atoms with Gasteiger partial charge in [-0.25, -0.2) is 4.99 Å². The summed E-state index contributed by atoms with van der Waals surface area (Å²) < 4.78 is 0. The molecule has 0 aliphatic carbocycles. The second-order valence-electron chi connectivity index (χ2n) is 7.85. The first-order valence-electron chi connectivity index (χ1n) is 10.7. The lowest BCUT2D eigenvalue weighted by molar-refractivity contribution is -0.129. The topological polar surface area (TPSA) is 65.0 Å². The Kier molecular flexibility index (Phi) is 6.91. The van der Waals surface area contributed by atoms with Gasteiger partial charge in [0.25, 0.3) is 5.91 Å². The Morgan fingerprint density at radius 3 is 2.64 bits per heavy atom. The Labute approximate surface area is 203 Å². The zero-order valence-corrected chi connectivity index (χ0v) is 20.3. The summed E-state index contributed by atoms with van der Waals surface area (Å²) in [6, 6.07) is 16.3. The normalized spacial score (nSPS) is 17.3. The molecule has 8 heteroatoms. The number of thioether (sulfide) groups is 1. The summed E-state index contributed by atoms with van der Waals surface area (Å²) >= 11 is 7.80. The molecule has 1 N–H and O–H groups in total. The number of rotatable bonds is 6. The first-order valence-corrected chi connectivity index (χ1v) is 11.9. The van der Waals surface area contributed by atoms with Crippen LogP contribution < -0.4 is 5.32 Å². The fraction of sp³-hybridized carbons (Fsp3) is 0.240. The Morgan fingerprint density at radius 2 is 1.94 bits per heavy atom. The molecule has 170 valence electrons. The second-order valence-corrected chi connectivity index (χ2v) is 9.13. The molecule has 0 aromatic heterocycles. The number of para-hydroxylation sites is 1. The van der Waals surface area contributed by atoms with Gasteiger partial charge in [0.05, 0.1) is 23.7 Å². The molecule has 2 aromatic rings. The molecule has 0 spiro atoms. The molecule has 6 nitrogen and oxygen atoms in total. The maximum atomic E-state index is 13.5. The van der Waals surface area contributed by atoms with Gasteiger partial charge in [-0.3, -0.25) is 9.59 Å². The Bertz CT molecular complexity index is 1180. The summed E-state index contributed by atoms with van der Waals surface area (Å²) in [5.74, 6) is -0.225. The first-order chi connectivity index (χ1) is 15.9. The summed E-state index contributed by atoms with van der Waals surface area (Å²) in [5, 5.41) is 6.27. The summed E-state index contributed by atoms with van der Waals surface area (Å²) in [7, 11) is 1.79. The number of aliphatic imine (C=N–C) groups is 1. The summed E-state index contributed by atoms with van der Waals surface area (Å²) in [5.41, 5.74) is 3.53. The van der Waals surface area contributed by atoms with Gasteiger partial charge in [-0.2, -0.15) is 0 Å². The minimum Gasteiger partial charge on any atom is -0.346 e. The van der Waals surface area contributed by atoms with Gasteiger partial charge in [0, 0.05) is 30.0 Å². The van der Waals surface area contributed by atoms with E-state index in [2.05, 4.69) is 5.32 Å². The fourth-order valence-electron chi connectivity index (χ4n) is 3.84. The van der Waals surface area contributed by atoms with Gasteiger partial charge in [-0.15, -0.1) is 0 Å². The summed E-state index contributed by atoms with van der Waals surface area (Å²) in [6.07, 6.45) is 0.222. The molecule has 0 unspecified atom stereocenters. The van der Waals surface area contributed by atoms with Crippen LogP contribution in [-0.4, -0.2) is 40.4 Å². The van der Waals surface area contributed by atoms with Crippen LogP contribution >= 0.6 is 23.4 Å². The van der Waals surface area contributed by atoms with Crippen LogP contribution in [0.25, 0.3) is 0 Å².